The summed E-state index contributed by atoms with van der Waals surface area (Å²) < 4.78 is 15.0. The molecule has 0 heterocycles. The van der Waals surface area contributed by atoms with Crippen molar-refractivity contribution in [1.82, 2.24) is 0 Å². The fourth-order valence-corrected chi connectivity index (χ4v) is 1.94. The molecule has 2 aromatic rings. The Labute approximate surface area is 128 Å². The maximum absolute atomic E-state index is 12.2. The third kappa shape index (κ3) is 3.63. The van der Waals surface area contributed by atoms with Crippen molar-refractivity contribution in [2.75, 3.05) is 14.2 Å². The van der Waals surface area contributed by atoms with E-state index in [2.05, 4.69) is 4.74 Å². The highest BCUT2D eigenvalue weighted by atomic mass is 16.5. The van der Waals surface area contributed by atoms with E-state index in [0.29, 0.717) is 5.75 Å². The first-order valence-electron chi connectivity index (χ1n) is 6.63. The van der Waals surface area contributed by atoms with Gasteiger partial charge in [-0.15, -0.1) is 0 Å². The van der Waals surface area contributed by atoms with Crippen molar-refractivity contribution < 1.29 is 23.8 Å². The molecule has 0 radical (unpaired) electrons. The van der Waals surface area contributed by atoms with Gasteiger partial charge < -0.3 is 14.2 Å². The zero-order valence-corrected chi connectivity index (χ0v) is 12.4. The third-order valence-electron chi connectivity index (χ3n) is 3.06. The van der Waals surface area contributed by atoms with Gasteiger partial charge in [0.2, 0.25) is 0 Å². The molecule has 0 amide bonds. The summed E-state index contributed by atoms with van der Waals surface area (Å²) in [6.07, 6.45) is 0. The van der Waals surface area contributed by atoms with Crippen molar-refractivity contribution in [3.63, 3.8) is 0 Å². The van der Waals surface area contributed by atoms with Gasteiger partial charge in [-0.05, 0) is 29.8 Å². The van der Waals surface area contributed by atoms with E-state index < -0.39 is 11.9 Å². The summed E-state index contributed by atoms with van der Waals surface area (Å²) in [4.78, 5) is 23.8. The molecular formula is C17H16O5. The van der Waals surface area contributed by atoms with Crippen molar-refractivity contribution in [2.24, 2.45) is 0 Å². The predicted molar refractivity (Wildman–Crippen MR) is 79.9 cm³/mol. The smallest absolute Gasteiger partial charge is 0.339 e. The SMILES string of the molecule is COC(=O)c1ccccc1C(=O)OCc1cccc(OC)c1. The minimum Gasteiger partial charge on any atom is -0.497 e. The Balaban J connectivity index is 2.11. The second-order valence-corrected chi connectivity index (χ2v) is 4.46. The van der Waals surface area contributed by atoms with Gasteiger partial charge in [0.25, 0.3) is 0 Å². The minimum absolute atomic E-state index is 0.0888. The molecule has 0 aliphatic carbocycles. The Bertz CT molecular complexity index is 678. The lowest BCUT2D eigenvalue weighted by molar-refractivity contribution is 0.0457. The molecule has 2 rings (SSSR count). The number of carbonyl (C=O) groups is 2. The molecule has 0 unspecified atom stereocenters. The van der Waals surface area contributed by atoms with Crippen molar-refractivity contribution in [3.05, 3.63) is 65.2 Å². The van der Waals surface area contributed by atoms with Crippen molar-refractivity contribution in [3.8, 4) is 5.75 Å². The van der Waals surface area contributed by atoms with Crippen molar-refractivity contribution >= 4 is 11.9 Å². The Morgan fingerprint density at radius 2 is 1.59 bits per heavy atom. The summed E-state index contributed by atoms with van der Waals surface area (Å²) in [5, 5.41) is 0. The minimum atomic E-state index is -0.580. The molecule has 0 saturated carbocycles. The van der Waals surface area contributed by atoms with E-state index in [0.717, 1.165) is 5.56 Å². The molecule has 0 bridgehead atoms. The van der Waals surface area contributed by atoms with Gasteiger partial charge in [0.05, 0.1) is 25.3 Å². The van der Waals surface area contributed by atoms with Crippen LogP contribution in [-0.4, -0.2) is 26.2 Å². The molecule has 0 spiro atoms. The highest BCUT2D eigenvalue weighted by Crippen LogP contribution is 2.16. The van der Waals surface area contributed by atoms with E-state index in [9.17, 15) is 9.59 Å². The van der Waals surface area contributed by atoms with Gasteiger partial charge in [0.15, 0.2) is 0 Å². The topological polar surface area (TPSA) is 61.8 Å². The van der Waals surface area contributed by atoms with Crippen LogP contribution in [0.2, 0.25) is 0 Å². The monoisotopic (exact) mass is 300 g/mol. The van der Waals surface area contributed by atoms with Crippen LogP contribution in [-0.2, 0) is 16.1 Å². The number of hydrogen-bond donors (Lipinski definition) is 0. The van der Waals surface area contributed by atoms with E-state index in [1.807, 2.05) is 12.1 Å². The van der Waals surface area contributed by atoms with Crippen LogP contribution < -0.4 is 4.74 Å². The standard InChI is InChI=1S/C17H16O5/c1-20-13-7-5-6-12(10-13)11-22-17(19)15-9-4-3-8-14(15)16(18)21-2/h3-10H,11H2,1-2H3. The summed E-state index contributed by atoms with van der Waals surface area (Å²) in [5.74, 6) is -0.471. The fraction of sp³-hybridized carbons (Fsp3) is 0.176. The van der Waals surface area contributed by atoms with Gasteiger partial charge in [-0.3, -0.25) is 0 Å². The van der Waals surface area contributed by atoms with Gasteiger partial charge in [0.1, 0.15) is 12.4 Å². The van der Waals surface area contributed by atoms with Crippen LogP contribution in [0.25, 0.3) is 0 Å². The number of methoxy groups -OCH3 is 2. The van der Waals surface area contributed by atoms with Gasteiger partial charge in [-0.25, -0.2) is 9.59 Å². The second-order valence-electron chi connectivity index (χ2n) is 4.46. The first-order chi connectivity index (χ1) is 10.7. The zero-order valence-electron chi connectivity index (χ0n) is 12.4. The van der Waals surface area contributed by atoms with Crippen molar-refractivity contribution in [1.29, 1.82) is 0 Å². The maximum Gasteiger partial charge on any atom is 0.339 e. The predicted octanol–water partition coefficient (Wildman–Crippen LogP) is 2.84. The van der Waals surface area contributed by atoms with E-state index in [1.165, 1.54) is 19.2 Å². The van der Waals surface area contributed by atoms with Gasteiger partial charge in [0, 0.05) is 0 Å². The lowest BCUT2D eigenvalue weighted by Crippen LogP contribution is -2.12. The summed E-state index contributed by atoms with van der Waals surface area (Å²) >= 11 is 0. The van der Waals surface area contributed by atoms with Gasteiger partial charge in [-0.1, -0.05) is 24.3 Å². The highest BCUT2D eigenvalue weighted by molar-refractivity contribution is 6.03. The lowest BCUT2D eigenvalue weighted by Gasteiger charge is -2.09. The molecule has 0 aliphatic rings. The average Bonchev–Trinajstić information content (AvgIpc) is 2.59. The Morgan fingerprint density at radius 1 is 0.909 bits per heavy atom. The Morgan fingerprint density at radius 3 is 2.23 bits per heavy atom. The third-order valence-corrected chi connectivity index (χ3v) is 3.06. The Hall–Kier alpha value is -2.82. The molecule has 5 nitrogen and oxygen atoms in total. The zero-order chi connectivity index (χ0) is 15.9. The summed E-state index contributed by atoms with van der Waals surface area (Å²) in [6.45, 7) is 0.0888. The van der Waals surface area contributed by atoms with E-state index in [1.54, 1.807) is 31.4 Å². The summed E-state index contributed by atoms with van der Waals surface area (Å²) in [6, 6.07) is 13.6. The molecule has 22 heavy (non-hydrogen) atoms. The molecule has 0 fully saturated rings. The molecular weight excluding hydrogens is 284 g/mol. The summed E-state index contributed by atoms with van der Waals surface area (Å²) in [5.41, 5.74) is 1.15. The quantitative estimate of drug-likeness (QED) is 0.795. The number of benzene rings is 2. The first kappa shape index (κ1) is 15.6. The first-order valence-corrected chi connectivity index (χ1v) is 6.63. The van der Waals surface area contributed by atoms with Crippen LogP contribution in [0.3, 0.4) is 0 Å². The molecule has 0 N–H and O–H groups in total. The van der Waals surface area contributed by atoms with Crippen LogP contribution in [0.1, 0.15) is 26.3 Å². The summed E-state index contributed by atoms with van der Waals surface area (Å²) in [7, 11) is 2.83. The van der Waals surface area contributed by atoms with Crippen molar-refractivity contribution in [2.45, 2.75) is 6.61 Å². The van der Waals surface area contributed by atoms with Crippen LogP contribution in [0.4, 0.5) is 0 Å². The van der Waals surface area contributed by atoms with Gasteiger partial charge >= 0.3 is 11.9 Å². The Kier molecular flexibility index (Phi) is 5.14. The second kappa shape index (κ2) is 7.26. The molecule has 5 heteroatoms. The van der Waals surface area contributed by atoms with Crippen LogP contribution in [0.15, 0.2) is 48.5 Å². The van der Waals surface area contributed by atoms with E-state index >= 15 is 0 Å². The molecule has 0 saturated heterocycles. The highest BCUT2D eigenvalue weighted by Gasteiger charge is 2.18. The molecule has 0 atom stereocenters. The van der Waals surface area contributed by atoms with E-state index in [-0.39, 0.29) is 17.7 Å². The number of esters is 2. The number of ether oxygens (including phenoxy) is 3. The van der Waals surface area contributed by atoms with Crippen LogP contribution in [0.5, 0.6) is 5.75 Å². The van der Waals surface area contributed by atoms with Gasteiger partial charge in [-0.2, -0.15) is 0 Å². The maximum atomic E-state index is 12.2. The van der Waals surface area contributed by atoms with Crippen LogP contribution >= 0.6 is 0 Å². The number of rotatable bonds is 5. The number of carbonyl (C=O) groups excluding carboxylic acids is 2. The molecule has 114 valence electrons. The number of hydrogen-bond acceptors (Lipinski definition) is 5. The molecule has 2 aromatic carbocycles. The molecule has 0 aliphatic heterocycles. The fourth-order valence-electron chi connectivity index (χ4n) is 1.94. The average molecular weight is 300 g/mol. The van der Waals surface area contributed by atoms with Crippen LogP contribution in [0, 0.1) is 0 Å². The lowest BCUT2D eigenvalue weighted by atomic mass is 10.1. The molecule has 0 aromatic heterocycles. The largest absolute Gasteiger partial charge is 0.497 e. The normalized spacial score (nSPS) is 9.91. The van der Waals surface area contributed by atoms with E-state index in [4.69, 9.17) is 9.47 Å².